The normalized spacial score (nSPS) is 10.4. The number of primary amides is 2. The molecule has 0 aliphatic heterocycles. The van der Waals surface area contributed by atoms with Gasteiger partial charge in [0.25, 0.3) is 11.8 Å². The van der Waals surface area contributed by atoms with Gasteiger partial charge in [-0.25, -0.2) is 9.97 Å². The zero-order valence-corrected chi connectivity index (χ0v) is 9.35. The molecule has 0 saturated carbocycles. The molecule has 1 radical (unpaired) electrons. The number of carbonyl (C=O) groups excluding carboxylic acids is 2. The Kier molecular flexibility index (Phi) is 3.09. The molecule has 0 atom stereocenters. The number of aromatic nitrogens is 4. The minimum absolute atomic E-state index is 0.190. The summed E-state index contributed by atoms with van der Waals surface area (Å²) in [7, 11) is 0. The Bertz CT molecular complexity index is 532. The highest BCUT2D eigenvalue weighted by molar-refractivity contribution is 5.90. The second kappa shape index (κ2) is 4.70. The van der Waals surface area contributed by atoms with Crippen molar-refractivity contribution < 1.29 is 9.59 Å². The summed E-state index contributed by atoms with van der Waals surface area (Å²) in [5.41, 5.74) is 10.5. The number of hydrogen-bond donors (Lipinski definition) is 2. The molecule has 8 heteroatoms. The molecule has 2 rings (SSSR count). The molecule has 4 N–H and O–H groups in total. The van der Waals surface area contributed by atoms with E-state index in [9.17, 15) is 9.59 Å². The van der Waals surface area contributed by atoms with Gasteiger partial charge >= 0.3 is 0 Å². The number of rotatable bonds is 5. The summed E-state index contributed by atoms with van der Waals surface area (Å²) >= 11 is 0. The first kappa shape index (κ1) is 11.8. The largest absolute Gasteiger partial charge is 0.364 e. The van der Waals surface area contributed by atoms with Crippen LogP contribution in [0, 0.1) is 6.54 Å². The lowest BCUT2D eigenvalue weighted by atomic mass is 10.4. The van der Waals surface area contributed by atoms with Crippen molar-refractivity contribution >= 4 is 11.8 Å². The summed E-state index contributed by atoms with van der Waals surface area (Å²) in [5.74, 6) is -1.16. The summed E-state index contributed by atoms with van der Waals surface area (Å²) in [5, 5.41) is 0. The maximum atomic E-state index is 10.8. The lowest BCUT2D eigenvalue weighted by Gasteiger charge is -2.01. The lowest BCUT2D eigenvalue weighted by molar-refractivity contribution is 0.0987. The minimum Gasteiger partial charge on any atom is -0.364 e. The van der Waals surface area contributed by atoms with Crippen LogP contribution >= 0.6 is 0 Å². The van der Waals surface area contributed by atoms with Crippen molar-refractivity contribution in [2.45, 2.75) is 6.54 Å². The molecule has 0 aromatic carbocycles. The molecule has 2 heterocycles. The fraction of sp³-hybridized carbons (Fsp3) is 0.100. The summed E-state index contributed by atoms with van der Waals surface area (Å²) in [4.78, 5) is 29.3. The van der Waals surface area contributed by atoms with Crippen LogP contribution in [0.4, 0.5) is 0 Å². The van der Waals surface area contributed by atoms with Crippen molar-refractivity contribution in [3.05, 3.63) is 43.0 Å². The molecule has 0 bridgehead atoms. The van der Waals surface area contributed by atoms with Gasteiger partial charge < -0.3 is 20.6 Å². The zero-order valence-electron chi connectivity index (χ0n) is 9.35. The van der Waals surface area contributed by atoms with E-state index in [1.165, 1.54) is 25.0 Å². The molecule has 2 aromatic heterocycles. The second-order valence-electron chi connectivity index (χ2n) is 3.57. The van der Waals surface area contributed by atoms with E-state index in [-0.39, 0.29) is 11.4 Å². The quantitative estimate of drug-likeness (QED) is 0.702. The van der Waals surface area contributed by atoms with Gasteiger partial charge in [0, 0.05) is 18.9 Å². The molecule has 2 aromatic rings. The van der Waals surface area contributed by atoms with Gasteiger partial charge in [0.15, 0.2) is 0 Å². The average molecular weight is 247 g/mol. The van der Waals surface area contributed by atoms with Crippen LogP contribution in [0.5, 0.6) is 0 Å². The van der Waals surface area contributed by atoms with Crippen molar-refractivity contribution in [1.82, 2.24) is 19.1 Å². The van der Waals surface area contributed by atoms with Crippen LogP contribution in [0.25, 0.3) is 0 Å². The van der Waals surface area contributed by atoms with Crippen molar-refractivity contribution in [2.75, 3.05) is 0 Å². The maximum Gasteiger partial charge on any atom is 0.268 e. The third-order valence-corrected chi connectivity index (χ3v) is 2.24. The topological polar surface area (TPSA) is 122 Å². The summed E-state index contributed by atoms with van der Waals surface area (Å²) in [6, 6.07) is 0. The number of carbonyl (C=O) groups is 2. The van der Waals surface area contributed by atoms with E-state index < -0.39 is 11.8 Å². The number of nitrogens with zero attached hydrogens (tertiary/aromatic N) is 4. The van der Waals surface area contributed by atoms with E-state index in [1.54, 1.807) is 15.7 Å². The van der Waals surface area contributed by atoms with Gasteiger partial charge in [-0.3, -0.25) is 9.59 Å². The van der Waals surface area contributed by atoms with Gasteiger partial charge in [0.1, 0.15) is 11.4 Å². The van der Waals surface area contributed by atoms with Crippen LogP contribution in [0.2, 0.25) is 0 Å². The SMILES string of the molecule is NC(=O)c1cn([CH]Cn2cnc(C(N)=O)c2)cn1. The summed E-state index contributed by atoms with van der Waals surface area (Å²) in [6.07, 6.45) is 5.99. The fourth-order valence-electron chi connectivity index (χ4n) is 1.34. The number of imidazole rings is 2. The van der Waals surface area contributed by atoms with Gasteiger partial charge in [-0.15, -0.1) is 0 Å². The van der Waals surface area contributed by atoms with Gasteiger partial charge in [0.05, 0.1) is 19.2 Å². The first-order valence-corrected chi connectivity index (χ1v) is 5.04. The van der Waals surface area contributed by atoms with Crippen LogP contribution < -0.4 is 11.5 Å². The van der Waals surface area contributed by atoms with Crippen molar-refractivity contribution in [3.8, 4) is 0 Å². The Balaban J connectivity index is 1.97. The third-order valence-electron chi connectivity index (χ3n) is 2.24. The van der Waals surface area contributed by atoms with Gasteiger partial charge in [-0.1, -0.05) is 0 Å². The monoisotopic (exact) mass is 247 g/mol. The summed E-state index contributed by atoms with van der Waals surface area (Å²) < 4.78 is 3.27. The molecular weight excluding hydrogens is 236 g/mol. The molecule has 0 aliphatic rings. The predicted octanol–water partition coefficient (Wildman–Crippen LogP) is -1.01. The molecule has 8 nitrogen and oxygen atoms in total. The van der Waals surface area contributed by atoms with E-state index in [4.69, 9.17) is 11.5 Å². The second-order valence-corrected chi connectivity index (χ2v) is 3.57. The lowest BCUT2D eigenvalue weighted by Crippen LogP contribution is -2.11. The molecule has 0 saturated heterocycles. The van der Waals surface area contributed by atoms with Crippen LogP contribution in [0.15, 0.2) is 25.0 Å². The van der Waals surface area contributed by atoms with Gasteiger partial charge in [-0.2, -0.15) is 0 Å². The Labute approximate surface area is 102 Å². The Morgan fingerprint density at radius 2 is 1.72 bits per heavy atom. The van der Waals surface area contributed by atoms with E-state index in [0.717, 1.165) is 0 Å². The molecule has 93 valence electrons. The Morgan fingerprint density at radius 1 is 1.11 bits per heavy atom. The van der Waals surface area contributed by atoms with Crippen LogP contribution in [-0.4, -0.2) is 30.9 Å². The highest BCUT2D eigenvalue weighted by Crippen LogP contribution is 2.00. The molecule has 2 amide bonds. The standard InChI is InChI=1S/C10H11N6O2/c11-9(17)7-3-15(5-13-7)1-2-16-4-8(10(12)18)14-6-16/h1,3-6H,2H2,(H2,11,17)(H2,12,18). The van der Waals surface area contributed by atoms with Crippen LogP contribution in [0.3, 0.4) is 0 Å². The van der Waals surface area contributed by atoms with Crippen molar-refractivity contribution in [1.29, 1.82) is 0 Å². The smallest absolute Gasteiger partial charge is 0.268 e. The molecular formula is C10H11N6O2. The van der Waals surface area contributed by atoms with E-state index in [1.807, 2.05) is 0 Å². The molecule has 0 fully saturated rings. The van der Waals surface area contributed by atoms with Crippen molar-refractivity contribution in [3.63, 3.8) is 0 Å². The Morgan fingerprint density at radius 3 is 2.28 bits per heavy atom. The van der Waals surface area contributed by atoms with E-state index >= 15 is 0 Å². The first-order chi connectivity index (χ1) is 8.56. The molecule has 18 heavy (non-hydrogen) atoms. The number of nitrogens with two attached hydrogens (primary N) is 2. The Hall–Kier alpha value is -2.64. The number of amides is 2. The van der Waals surface area contributed by atoms with Crippen molar-refractivity contribution in [2.24, 2.45) is 11.5 Å². The van der Waals surface area contributed by atoms with Crippen LogP contribution in [-0.2, 0) is 6.54 Å². The molecule has 0 unspecified atom stereocenters. The highest BCUT2D eigenvalue weighted by Gasteiger charge is 2.06. The summed E-state index contributed by atoms with van der Waals surface area (Å²) in [6.45, 7) is 2.20. The fourth-order valence-corrected chi connectivity index (χ4v) is 1.34. The number of hydrogen-bond acceptors (Lipinski definition) is 4. The van der Waals surface area contributed by atoms with E-state index in [2.05, 4.69) is 9.97 Å². The van der Waals surface area contributed by atoms with Gasteiger partial charge in [0.2, 0.25) is 0 Å². The zero-order chi connectivity index (χ0) is 13.1. The van der Waals surface area contributed by atoms with Gasteiger partial charge in [-0.05, 0) is 0 Å². The highest BCUT2D eigenvalue weighted by atomic mass is 16.1. The van der Waals surface area contributed by atoms with Crippen LogP contribution in [0.1, 0.15) is 21.0 Å². The average Bonchev–Trinajstić information content (AvgIpc) is 2.95. The third kappa shape index (κ3) is 2.54. The minimum atomic E-state index is -0.583. The maximum absolute atomic E-state index is 10.8. The van der Waals surface area contributed by atoms with E-state index in [0.29, 0.717) is 6.54 Å². The first-order valence-electron chi connectivity index (χ1n) is 5.04. The predicted molar refractivity (Wildman–Crippen MR) is 61.2 cm³/mol. The molecule has 0 spiro atoms. The molecule has 0 aliphatic carbocycles.